The van der Waals surface area contributed by atoms with Gasteiger partial charge in [0.2, 0.25) is 0 Å². The second kappa shape index (κ2) is 5.22. The Morgan fingerprint density at radius 1 is 1.50 bits per heavy atom. The van der Waals surface area contributed by atoms with Gasteiger partial charge in [0.15, 0.2) is 0 Å². The minimum atomic E-state index is -1.06. The van der Waals surface area contributed by atoms with Crippen molar-refractivity contribution in [1.29, 1.82) is 0 Å². The zero-order valence-electron chi connectivity index (χ0n) is 10.7. The summed E-state index contributed by atoms with van der Waals surface area (Å²) in [4.78, 5) is 15.3. The van der Waals surface area contributed by atoms with E-state index in [2.05, 4.69) is 4.98 Å². The van der Waals surface area contributed by atoms with E-state index in [9.17, 15) is 4.79 Å². The van der Waals surface area contributed by atoms with E-state index >= 15 is 0 Å². The topological polar surface area (TPSA) is 85.4 Å². The molecule has 0 fully saturated rings. The van der Waals surface area contributed by atoms with Crippen LogP contribution in [0.25, 0.3) is 0 Å². The molecule has 2 heterocycles. The summed E-state index contributed by atoms with van der Waals surface area (Å²) in [6.07, 6.45) is 0.840. The van der Waals surface area contributed by atoms with E-state index in [4.69, 9.17) is 15.6 Å². The van der Waals surface area contributed by atoms with Crippen LogP contribution >= 0.6 is 11.3 Å². The molecule has 0 aliphatic carbocycles. The quantitative estimate of drug-likeness (QED) is 0.904. The first-order valence-corrected chi connectivity index (χ1v) is 7.20. The van der Waals surface area contributed by atoms with Crippen molar-refractivity contribution >= 4 is 17.3 Å². The zero-order chi connectivity index (χ0) is 14.1. The molecule has 0 radical (unpaired) electrons. The van der Waals surface area contributed by atoms with E-state index in [-0.39, 0.29) is 5.92 Å². The lowest BCUT2D eigenvalue weighted by molar-refractivity contribution is -0.138. The monoisotopic (exact) mass is 290 g/mol. The molecule has 5 nitrogen and oxygen atoms in total. The summed E-state index contributed by atoms with van der Waals surface area (Å²) >= 11 is 1.46. The van der Waals surface area contributed by atoms with E-state index in [1.807, 2.05) is 24.3 Å². The largest absolute Gasteiger partial charge is 0.493 e. The Morgan fingerprint density at radius 3 is 3.10 bits per heavy atom. The Labute approximate surface area is 120 Å². The first-order valence-electron chi connectivity index (χ1n) is 6.32. The highest BCUT2D eigenvalue weighted by Gasteiger charge is 2.26. The predicted octanol–water partition coefficient (Wildman–Crippen LogP) is 2.14. The minimum Gasteiger partial charge on any atom is -0.493 e. The van der Waals surface area contributed by atoms with E-state index in [1.165, 1.54) is 11.3 Å². The minimum absolute atomic E-state index is 0.152. The third kappa shape index (κ3) is 2.28. The molecular formula is C14H14N2O3S. The number of carbonyl (C=O) groups is 1. The lowest BCUT2D eigenvalue weighted by Crippen LogP contribution is -2.21. The summed E-state index contributed by atoms with van der Waals surface area (Å²) in [5, 5.41) is 11.6. The van der Waals surface area contributed by atoms with Gasteiger partial charge in [0.25, 0.3) is 0 Å². The number of ether oxygens (including phenoxy) is 1. The highest BCUT2D eigenvalue weighted by atomic mass is 32.1. The fourth-order valence-electron chi connectivity index (χ4n) is 2.33. The van der Waals surface area contributed by atoms with Crippen LogP contribution in [-0.2, 0) is 4.79 Å². The number of rotatable bonds is 3. The van der Waals surface area contributed by atoms with Crippen LogP contribution < -0.4 is 10.5 Å². The number of benzene rings is 1. The number of thiazole rings is 1. The van der Waals surface area contributed by atoms with Crippen LogP contribution in [0, 0.1) is 0 Å². The summed E-state index contributed by atoms with van der Waals surface area (Å²) in [6.45, 7) is 0.640. The Bertz CT molecular complexity index is 641. The maximum atomic E-state index is 10.9. The van der Waals surface area contributed by atoms with Gasteiger partial charge >= 0.3 is 5.97 Å². The third-order valence-corrected chi connectivity index (χ3v) is 4.36. The molecule has 0 spiro atoms. The van der Waals surface area contributed by atoms with Crippen molar-refractivity contribution in [1.82, 2.24) is 4.98 Å². The molecule has 104 valence electrons. The van der Waals surface area contributed by atoms with Gasteiger partial charge in [0.05, 0.1) is 12.3 Å². The van der Waals surface area contributed by atoms with Gasteiger partial charge in [-0.2, -0.15) is 0 Å². The van der Waals surface area contributed by atoms with Crippen molar-refractivity contribution in [2.75, 3.05) is 6.61 Å². The van der Waals surface area contributed by atoms with Crippen molar-refractivity contribution in [3.05, 3.63) is 45.9 Å². The molecule has 6 heteroatoms. The number of nitrogens with zero attached hydrogens (tertiary/aromatic N) is 1. The van der Waals surface area contributed by atoms with Gasteiger partial charge in [0.1, 0.15) is 16.8 Å². The summed E-state index contributed by atoms with van der Waals surface area (Å²) < 4.78 is 5.63. The maximum Gasteiger partial charge on any atom is 0.326 e. The van der Waals surface area contributed by atoms with Crippen molar-refractivity contribution in [2.24, 2.45) is 5.73 Å². The fourth-order valence-corrected chi connectivity index (χ4v) is 3.34. The molecule has 2 unspecified atom stereocenters. The number of aromatic nitrogens is 1. The number of carboxylic acids is 1. The molecule has 1 aliphatic rings. The van der Waals surface area contributed by atoms with Gasteiger partial charge in [-0.25, -0.2) is 4.98 Å². The standard InChI is InChI=1S/C14H14N2O3S/c15-12(14(17)18)10-7-20-13(16-10)9-5-6-19-11-4-2-1-3-8(9)11/h1-4,7,9,12H,5-6,15H2,(H,17,18). The Hall–Kier alpha value is -1.92. The molecule has 1 aliphatic heterocycles. The Balaban J connectivity index is 1.93. The number of hydrogen-bond donors (Lipinski definition) is 2. The number of hydrogen-bond acceptors (Lipinski definition) is 5. The first-order chi connectivity index (χ1) is 9.66. The van der Waals surface area contributed by atoms with Gasteiger partial charge in [-0.3, -0.25) is 4.79 Å². The molecule has 2 aromatic rings. The van der Waals surface area contributed by atoms with Gasteiger partial charge in [-0.1, -0.05) is 18.2 Å². The highest BCUT2D eigenvalue weighted by Crippen LogP contribution is 2.39. The van der Waals surface area contributed by atoms with Crippen LogP contribution in [0.3, 0.4) is 0 Å². The average Bonchev–Trinajstić information content (AvgIpc) is 2.95. The van der Waals surface area contributed by atoms with Crippen LogP contribution in [0.5, 0.6) is 5.75 Å². The molecule has 3 rings (SSSR count). The molecule has 1 aromatic heterocycles. The van der Waals surface area contributed by atoms with E-state index in [1.54, 1.807) is 5.38 Å². The highest BCUT2D eigenvalue weighted by molar-refractivity contribution is 7.09. The van der Waals surface area contributed by atoms with E-state index < -0.39 is 12.0 Å². The fraction of sp³-hybridized carbons (Fsp3) is 0.286. The van der Waals surface area contributed by atoms with Crippen molar-refractivity contribution in [3.8, 4) is 5.75 Å². The van der Waals surface area contributed by atoms with Gasteiger partial charge in [0, 0.05) is 16.9 Å². The van der Waals surface area contributed by atoms with Crippen LogP contribution in [0.15, 0.2) is 29.6 Å². The molecule has 2 atom stereocenters. The van der Waals surface area contributed by atoms with Crippen LogP contribution in [0.1, 0.15) is 34.6 Å². The number of fused-ring (bicyclic) bond motifs is 1. The van der Waals surface area contributed by atoms with Gasteiger partial charge in [-0.15, -0.1) is 11.3 Å². The van der Waals surface area contributed by atoms with Crippen molar-refractivity contribution in [2.45, 2.75) is 18.4 Å². The third-order valence-electron chi connectivity index (χ3n) is 3.38. The van der Waals surface area contributed by atoms with Gasteiger partial charge < -0.3 is 15.6 Å². The molecule has 20 heavy (non-hydrogen) atoms. The lowest BCUT2D eigenvalue weighted by Gasteiger charge is -2.24. The van der Waals surface area contributed by atoms with Crippen LogP contribution in [0.4, 0.5) is 0 Å². The van der Waals surface area contributed by atoms with Crippen molar-refractivity contribution < 1.29 is 14.6 Å². The maximum absolute atomic E-state index is 10.9. The first kappa shape index (κ1) is 13.1. The second-order valence-electron chi connectivity index (χ2n) is 4.65. The van der Waals surface area contributed by atoms with Crippen LogP contribution in [-0.4, -0.2) is 22.7 Å². The number of aliphatic carboxylic acids is 1. The zero-order valence-corrected chi connectivity index (χ0v) is 11.5. The average molecular weight is 290 g/mol. The summed E-state index contributed by atoms with van der Waals surface area (Å²) in [6, 6.07) is 6.82. The number of nitrogens with two attached hydrogens (primary N) is 1. The van der Waals surface area contributed by atoms with E-state index in [0.717, 1.165) is 22.7 Å². The summed E-state index contributed by atoms with van der Waals surface area (Å²) in [5.41, 5.74) is 7.11. The molecular weight excluding hydrogens is 276 g/mol. The smallest absolute Gasteiger partial charge is 0.326 e. The molecule has 0 saturated carbocycles. The molecule has 3 N–H and O–H groups in total. The lowest BCUT2D eigenvalue weighted by atomic mass is 9.94. The normalized spacial score (nSPS) is 18.9. The number of para-hydroxylation sites is 1. The van der Waals surface area contributed by atoms with Crippen LogP contribution in [0.2, 0.25) is 0 Å². The molecule has 0 bridgehead atoms. The van der Waals surface area contributed by atoms with Crippen molar-refractivity contribution in [3.63, 3.8) is 0 Å². The van der Waals surface area contributed by atoms with E-state index in [0.29, 0.717) is 12.3 Å². The molecule has 0 amide bonds. The predicted molar refractivity (Wildman–Crippen MR) is 75.1 cm³/mol. The summed E-state index contributed by atoms with van der Waals surface area (Å²) in [7, 11) is 0. The summed E-state index contributed by atoms with van der Waals surface area (Å²) in [5.74, 6) is -0.0306. The molecule has 1 aromatic carbocycles. The Morgan fingerprint density at radius 2 is 2.30 bits per heavy atom. The SMILES string of the molecule is NC(C(=O)O)c1csc(C2CCOc3ccccc32)n1. The second-order valence-corrected chi connectivity index (χ2v) is 5.54. The molecule has 0 saturated heterocycles. The number of carboxylic acid groups (broad SMARTS) is 1. The Kier molecular flexibility index (Phi) is 3.42. The van der Waals surface area contributed by atoms with Gasteiger partial charge in [-0.05, 0) is 12.5 Å².